The molecule has 0 spiro atoms. The summed E-state index contributed by atoms with van der Waals surface area (Å²) in [5, 5.41) is 18.7. The van der Waals surface area contributed by atoms with Crippen molar-refractivity contribution < 1.29 is 14.6 Å². The van der Waals surface area contributed by atoms with E-state index < -0.39 is 6.10 Å². The maximum Gasteiger partial charge on any atom is 0.146 e. The number of benzene rings is 1. The molecule has 0 aromatic heterocycles. The maximum atomic E-state index is 14.0. The van der Waals surface area contributed by atoms with E-state index in [-0.39, 0.29) is 12.4 Å². The molecule has 0 radical (unpaired) electrons. The van der Waals surface area contributed by atoms with Crippen molar-refractivity contribution >= 4 is 5.69 Å². The third-order valence-corrected chi connectivity index (χ3v) is 3.61. The number of nitrogens with zero attached hydrogens (tertiary/aromatic N) is 1. The second kappa shape index (κ2) is 5.67. The first-order valence-electron chi connectivity index (χ1n) is 6.45. The summed E-state index contributed by atoms with van der Waals surface area (Å²) in [5.74, 6) is 0.134. The number of halogens is 1. The molecule has 1 fully saturated rings. The van der Waals surface area contributed by atoms with Crippen LogP contribution in [0.15, 0.2) is 18.2 Å². The van der Waals surface area contributed by atoms with Crippen molar-refractivity contribution in [1.29, 1.82) is 0 Å². The number of aliphatic hydroxyl groups is 2. The van der Waals surface area contributed by atoms with Gasteiger partial charge in [-0.3, -0.25) is 0 Å². The van der Waals surface area contributed by atoms with Crippen LogP contribution in [0.4, 0.5) is 10.1 Å². The molecule has 1 aliphatic rings. The largest absolute Gasteiger partial charge is 0.396 e. The van der Waals surface area contributed by atoms with E-state index in [1.54, 1.807) is 19.1 Å². The number of hydrogen-bond acceptors (Lipinski definition) is 3. The van der Waals surface area contributed by atoms with Gasteiger partial charge in [-0.15, -0.1) is 0 Å². The molecule has 4 heteroatoms. The van der Waals surface area contributed by atoms with Crippen LogP contribution in [0.1, 0.15) is 31.4 Å². The molecule has 2 N–H and O–H groups in total. The lowest BCUT2D eigenvalue weighted by molar-refractivity contribution is 0.199. The lowest BCUT2D eigenvalue weighted by Gasteiger charge is -2.24. The van der Waals surface area contributed by atoms with Gasteiger partial charge in [-0.05, 0) is 31.7 Å². The molecule has 18 heavy (non-hydrogen) atoms. The summed E-state index contributed by atoms with van der Waals surface area (Å²) >= 11 is 0. The fourth-order valence-electron chi connectivity index (χ4n) is 2.66. The van der Waals surface area contributed by atoms with Crippen LogP contribution >= 0.6 is 0 Å². The smallest absolute Gasteiger partial charge is 0.146 e. The van der Waals surface area contributed by atoms with Crippen LogP contribution in [0.3, 0.4) is 0 Å². The second-order valence-corrected chi connectivity index (χ2v) is 4.97. The first-order chi connectivity index (χ1) is 8.63. The van der Waals surface area contributed by atoms with Gasteiger partial charge >= 0.3 is 0 Å². The number of hydrogen-bond donors (Lipinski definition) is 2. The topological polar surface area (TPSA) is 43.7 Å². The third kappa shape index (κ3) is 2.65. The van der Waals surface area contributed by atoms with Gasteiger partial charge in [0.25, 0.3) is 0 Å². The fourth-order valence-corrected chi connectivity index (χ4v) is 2.66. The van der Waals surface area contributed by atoms with Gasteiger partial charge in [0.1, 0.15) is 5.82 Å². The van der Waals surface area contributed by atoms with Crippen LogP contribution in [0.5, 0.6) is 0 Å². The maximum absolute atomic E-state index is 14.0. The molecule has 1 unspecified atom stereocenters. The van der Waals surface area contributed by atoms with Crippen LogP contribution in [0.25, 0.3) is 0 Å². The standard InChI is InChI=1S/C14H20FNO2/c1-10(18)12-3-2-4-13(15)14(12)16-7-5-11(9-16)6-8-17/h2-4,10-11,17-18H,5-9H2,1H3/t10-,11?/m1/s1. The van der Waals surface area contributed by atoms with E-state index in [4.69, 9.17) is 5.11 Å². The summed E-state index contributed by atoms with van der Waals surface area (Å²) < 4.78 is 14.0. The van der Waals surface area contributed by atoms with E-state index in [0.29, 0.717) is 17.2 Å². The van der Waals surface area contributed by atoms with E-state index in [9.17, 15) is 9.50 Å². The highest BCUT2D eigenvalue weighted by molar-refractivity contribution is 5.56. The van der Waals surface area contributed by atoms with Crippen LogP contribution in [-0.2, 0) is 0 Å². The average molecular weight is 253 g/mol. The summed E-state index contributed by atoms with van der Waals surface area (Å²) in [7, 11) is 0. The molecule has 0 saturated carbocycles. The molecule has 2 rings (SSSR count). The van der Waals surface area contributed by atoms with E-state index >= 15 is 0 Å². The average Bonchev–Trinajstić information content (AvgIpc) is 2.77. The van der Waals surface area contributed by atoms with Crippen molar-refractivity contribution in [1.82, 2.24) is 0 Å². The predicted molar refractivity (Wildman–Crippen MR) is 69.1 cm³/mol. The molecule has 0 amide bonds. The molecule has 1 aromatic carbocycles. The Morgan fingerprint density at radius 2 is 2.28 bits per heavy atom. The first kappa shape index (κ1) is 13.3. The minimum absolute atomic E-state index is 0.180. The summed E-state index contributed by atoms with van der Waals surface area (Å²) in [6.45, 7) is 3.37. The molecule has 0 bridgehead atoms. The molecule has 0 aliphatic carbocycles. The van der Waals surface area contributed by atoms with Gasteiger partial charge in [0.05, 0.1) is 11.8 Å². The number of aliphatic hydroxyl groups excluding tert-OH is 2. The van der Waals surface area contributed by atoms with Crippen LogP contribution in [0, 0.1) is 11.7 Å². The molecule has 1 aromatic rings. The van der Waals surface area contributed by atoms with E-state index in [1.165, 1.54) is 6.07 Å². The molecule has 1 saturated heterocycles. The molecule has 100 valence electrons. The van der Waals surface area contributed by atoms with Crippen molar-refractivity contribution in [3.8, 4) is 0 Å². The van der Waals surface area contributed by atoms with Gasteiger partial charge in [-0.1, -0.05) is 12.1 Å². The molecule has 1 heterocycles. The highest BCUT2D eigenvalue weighted by atomic mass is 19.1. The monoisotopic (exact) mass is 253 g/mol. The Morgan fingerprint density at radius 1 is 1.50 bits per heavy atom. The highest BCUT2D eigenvalue weighted by Gasteiger charge is 2.26. The Hall–Kier alpha value is -1.13. The van der Waals surface area contributed by atoms with Gasteiger partial charge in [-0.25, -0.2) is 4.39 Å². The fraction of sp³-hybridized carbons (Fsp3) is 0.571. The Bertz CT molecular complexity index is 409. The van der Waals surface area contributed by atoms with Gasteiger partial charge in [-0.2, -0.15) is 0 Å². The summed E-state index contributed by atoms with van der Waals surface area (Å²) in [6, 6.07) is 4.82. The predicted octanol–water partition coefficient (Wildman–Crippen LogP) is 2.09. The Balaban J connectivity index is 2.23. The van der Waals surface area contributed by atoms with Gasteiger partial charge in [0.2, 0.25) is 0 Å². The van der Waals surface area contributed by atoms with Crippen molar-refractivity contribution in [2.45, 2.75) is 25.9 Å². The quantitative estimate of drug-likeness (QED) is 0.863. The zero-order chi connectivity index (χ0) is 13.1. The highest BCUT2D eigenvalue weighted by Crippen LogP contribution is 2.33. The first-order valence-corrected chi connectivity index (χ1v) is 6.45. The molecule has 3 nitrogen and oxygen atoms in total. The summed E-state index contributed by atoms with van der Waals surface area (Å²) in [4.78, 5) is 1.98. The second-order valence-electron chi connectivity index (χ2n) is 4.97. The SMILES string of the molecule is C[C@@H](O)c1cccc(F)c1N1CCC(CCO)C1. The normalized spacial score (nSPS) is 21.3. The third-order valence-electron chi connectivity index (χ3n) is 3.61. The van der Waals surface area contributed by atoms with Crippen LogP contribution in [0.2, 0.25) is 0 Å². The number of para-hydroxylation sites is 1. The van der Waals surface area contributed by atoms with E-state index in [1.807, 2.05) is 4.90 Å². The van der Waals surface area contributed by atoms with E-state index in [2.05, 4.69) is 0 Å². The van der Waals surface area contributed by atoms with Crippen molar-refractivity contribution in [2.75, 3.05) is 24.6 Å². The van der Waals surface area contributed by atoms with Crippen molar-refractivity contribution in [2.24, 2.45) is 5.92 Å². The minimum atomic E-state index is -0.674. The zero-order valence-corrected chi connectivity index (χ0v) is 10.6. The number of anilines is 1. The zero-order valence-electron chi connectivity index (χ0n) is 10.6. The van der Waals surface area contributed by atoms with Crippen LogP contribution in [-0.4, -0.2) is 29.9 Å². The molecular formula is C14H20FNO2. The van der Waals surface area contributed by atoms with Gasteiger partial charge in [0.15, 0.2) is 0 Å². The molecule has 2 atom stereocenters. The van der Waals surface area contributed by atoms with Crippen molar-refractivity contribution in [3.05, 3.63) is 29.6 Å². The van der Waals surface area contributed by atoms with Gasteiger partial charge in [0, 0.05) is 25.3 Å². The summed E-state index contributed by atoms with van der Waals surface area (Å²) in [5.41, 5.74) is 1.16. The Kier molecular flexibility index (Phi) is 4.19. The lowest BCUT2D eigenvalue weighted by atomic mass is 10.1. The van der Waals surface area contributed by atoms with Gasteiger partial charge < -0.3 is 15.1 Å². The summed E-state index contributed by atoms with van der Waals surface area (Å²) in [6.07, 6.45) is 1.05. The Labute approximate surface area is 107 Å². The molecular weight excluding hydrogens is 233 g/mol. The van der Waals surface area contributed by atoms with Crippen LogP contribution < -0.4 is 4.90 Å². The Morgan fingerprint density at radius 3 is 2.94 bits per heavy atom. The molecule has 1 aliphatic heterocycles. The number of rotatable bonds is 4. The minimum Gasteiger partial charge on any atom is -0.396 e. The van der Waals surface area contributed by atoms with E-state index in [0.717, 1.165) is 25.9 Å². The van der Waals surface area contributed by atoms with Crippen molar-refractivity contribution in [3.63, 3.8) is 0 Å². The lowest BCUT2D eigenvalue weighted by Crippen LogP contribution is -2.23.